The number of fused-ring (bicyclic) bond motifs is 1. The molecule has 3 aromatic rings. The van der Waals surface area contributed by atoms with E-state index < -0.39 is 10.0 Å². The molecule has 0 spiro atoms. The molecule has 1 amide bonds. The van der Waals surface area contributed by atoms with Crippen LogP contribution in [0, 0.1) is 0 Å². The first-order chi connectivity index (χ1) is 16.7. The Morgan fingerprint density at radius 3 is 2.34 bits per heavy atom. The molecule has 2 heterocycles. The number of nitrogens with one attached hydrogen (secondary N) is 1. The number of rotatable bonds is 9. The zero-order chi connectivity index (χ0) is 25.2. The van der Waals surface area contributed by atoms with Gasteiger partial charge >= 0.3 is 5.69 Å². The van der Waals surface area contributed by atoms with Crippen LogP contribution in [0.25, 0.3) is 11.0 Å². The summed E-state index contributed by atoms with van der Waals surface area (Å²) in [6.45, 7) is 6.57. The largest absolute Gasteiger partial charge is 0.352 e. The molecule has 1 atom stereocenters. The minimum Gasteiger partial charge on any atom is -0.352 e. The molecule has 188 valence electrons. The SMILES string of the molecule is CC(C)n1c(=O)n(CC(=O)N[C@@H](C)CCc2ccccc2)c2cc(S(=O)(=O)N3CCCC3)ccc21. The Kier molecular flexibility index (Phi) is 7.47. The molecule has 9 heteroatoms. The Hall–Kier alpha value is -2.91. The summed E-state index contributed by atoms with van der Waals surface area (Å²) in [7, 11) is -3.64. The van der Waals surface area contributed by atoms with Crippen molar-refractivity contribution in [2.75, 3.05) is 13.1 Å². The van der Waals surface area contributed by atoms with E-state index >= 15 is 0 Å². The standard InChI is InChI=1S/C26H34N4O4S/c1-19(2)30-23-14-13-22(35(33,34)28-15-7-8-16-28)17-24(23)29(26(30)32)18-25(31)27-20(3)11-12-21-9-5-4-6-10-21/h4-6,9-10,13-14,17,19-20H,7-8,11-12,15-16,18H2,1-3H3,(H,27,31)/t20-/m0/s1. The van der Waals surface area contributed by atoms with Crippen molar-refractivity contribution in [2.24, 2.45) is 0 Å². The van der Waals surface area contributed by atoms with Crippen molar-refractivity contribution >= 4 is 27.0 Å². The van der Waals surface area contributed by atoms with Gasteiger partial charge in [0.05, 0.1) is 15.9 Å². The molecule has 1 aliphatic rings. The molecule has 1 aromatic heterocycles. The van der Waals surface area contributed by atoms with Crippen LogP contribution in [-0.4, -0.2) is 46.9 Å². The number of hydrogen-bond acceptors (Lipinski definition) is 4. The third kappa shape index (κ3) is 5.36. The zero-order valence-corrected chi connectivity index (χ0v) is 21.4. The van der Waals surface area contributed by atoms with E-state index in [9.17, 15) is 18.0 Å². The van der Waals surface area contributed by atoms with E-state index in [0.717, 1.165) is 25.7 Å². The minimum atomic E-state index is -3.64. The predicted molar refractivity (Wildman–Crippen MR) is 137 cm³/mol. The average molecular weight is 499 g/mol. The maximum absolute atomic E-state index is 13.3. The van der Waals surface area contributed by atoms with Crippen molar-refractivity contribution in [3.05, 3.63) is 64.6 Å². The highest BCUT2D eigenvalue weighted by Crippen LogP contribution is 2.25. The number of carbonyl (C=O) groups excluding carboxylic acids is 1. The normalized spacial score (nSPS) is 15.7. The summed E-state index contributed by atoms with van der Waals surface area (Å²) in [5, 5.41) is 2.98. The van der Waals surface area contributed by atoms with Gasteiger partial charge in [-0.25, -0.2) is 13.2 Å². The minimum absolute atomic E-state index is 0.0667. The Balaban J connectivity index is 1.58. The number of benzene rings is 2. The van der Waals surface area contributed by atoms with E-state index in [1.165, 1.54) is 20.5 Å². The number of hydrogen-bond donors (Lipinski definition) is 1. The first-order valence-electron chi connectivity index (χ1n) is 12.3. The first kappa shape index (κ1) is 25.2. The molecule has 1 N–H and O–H groups in total. The molecule has 0 saturated carbocycles. The van der Waals surface area contributed by atoms with Gasteiger partial charge in [-0.2, -0.15) is 4.31 Å². The molecule has 4 rings (SSSR count). The van der Waals surface area contributed by atoms with Gasteiger partial charge in [0.25, 0.3) is 0 Å². The quantitative estimate of drug-likeness (QED) is 0.490. The van der Waals surface area contributed by atoms with Gasteiger partial charge in [-0.3, -0.25) is 13.9 Å². The van der Waals surface area contributed by atoms with Crippen molar-refractivity contribution in [3.63, 3.8) is 0 Å². The Labute approximate surface area is 206 Å². The number of sulfonamides is 1. The summed E-state index contributed by atoms with van der Waals surface area (Å²) in [6.07, 6.45) is 3.31. The predicted octanol–water partition coefficient (Wildman–Crippen LogP) is 3.31. The summed E-state index contributed by atoms with van der Waals surface area (Å²) in [5.41, 5.74) is 1.96. The second-order valence-electron chi connectivity index (χ2n) is 9.59. The Bertz CT molecular complexity index is 1350. The summed E-state index contributed by atoms with van der Waals surface area (Å²) in [6, 6.07) is 14.6. The number of imidazole rings is 1. The van der Waals surface area contributed by atoms with Gasteiger partial charge in [-0.1, -0.05) is 30.3 Å². The van der Waals surface area contributed by atoms with Gasteiger partial charge in [0.2, 0.25) is 15.9 Å². The second-order valence-corrected chi connectivity index (χ2v) is 11.5. The van der Waals surface area contributed by atoms with E-state index in [-0.39, 0.29) is 35.1 Å². The summed E-state index contributed by atoms with van der Waals surface area (Å²) >= 11 is 0. The second kappa shape index (κ2) is 10.4. The molecule has 8 nitrogen and oxygen atoms in total. The molecule has 0 radical (unpaired) electrons. The van der Waals surface area contributed by atoms with Crippen LogP contribution in [0.15, 0.2) is 58.2 Å². The number of carbonyl (C=O) groups is 1. The van der Waals surface area contributed by atoms with Crippen LogP contribution in [0.2, 0.25) is 0 Å². The maximum Gasteiger partial charge on any atom is 0.329 e. The molecule has 1 aliphatic heterocycles. The van der Waals surface area contributed by atoms with Gasteiger partial charge < -0.3 is 5.32 Å². The van der Waals surface area contributed by atoms with Gasteiger partial charge in [0, 0.05) is 25.2 Å². The molecule has 1 fully saturated rings. The van der Waals surface area contributed by atoms with E-state index in [1.54, 1.807) is 16.7 Å². The Morgan fingerprint density at radius 2 is 1.69 bits per heavy atom. The summed E-state index contributed by atoms with van der Waals surface area (Å²) in [4.78, 5) is 26.3. The molecule has 2 aromatic carbocycles. The highest BCUT2D eigenvalue weighted by Gasteiger charge is 2.28. The van der Waals surface area contributed by atoms with Crippen LogP contribution in [0.3, 0.4) is 0 Å². The van der Waals surface area contributed by atoms with Crippen LogP contribution >= 0.6 is 0 Å². The highest BCUT2D eigenvalue weighted by atomic mass is 32.2. The van der Waals surface area contributed by atoms with E-state index in [4.69, 9.17) is 0 Å². The average Bonchev–Trinajstić information content (AvgIpc) is 3.46. The lowest BCUT2D eigenvalue weighted by Crippen LogP contribution is -2.38. The third-order valence-electron chi connectivity index (χ3n) is 6.57. The lowest BCUT2D eigenvalue weighted by Gasteiger charge is -2.16. The van der Waals surface area contributed by atoms with Crippen LogP contribution in [0.5, 0.6) is 0 Å². The van der Waals surface area contributed by atoms with Gasteiger partial charge in [0.15, 0.2) is 0 Å². The van der Waals surface area contributed by atoms with Crippen LogP contribution in [-0.2, 0) is 27.8 Å². The van der Waals surface area contributed by atoms with Crippen molar-refractivity contribution in [2.45, 2.75) is 70.0 Å². The first-order valence-corrected chi connectivity index (χ1v) is 13.7. The number of amides is 1. The van der Waals surface area contributed by atoms with Crippen LogP contribution < -0.4 is 11.0 Å². The monoisotopic (exact) mass is 498 g/mol. The fourth-order valence-electron chi connectivity index (χ4n) is 4.71. The number of aryl methyl sites for hydroxylation is 1. The topological polar surface area (TPSA) is 93.4 Å². The maximum atomic E-state index is 13.3. The summed E-state index contributed by atoms with van der Waals surface area (Å²) < 4.78 is 30.7. The fraction of sp³-hybridized carbons (Fsp3) is 0.462. The molecule has 0 aliphatic carbocycles. The van der Waals surface area contributed by atoms with Gasteiger partial charge in [-0.05, 0) is 70.2 Å². The highest BCUT2D eigenvalue weighted by molar-refractivity contribution is 7.89. The van der Waals surface area contributed by atoms with E-state index in [1.807, 2.05) is 39.0 Å². The smallest absolute Gasteiger partial charge is 0.329 e. The molecule has 0 bridgehead atoms. The van der Waals surface area contributed by atoms with Crippen LogP contribution in [0.4, 0.5) is 0 Å². The number of aromatic nitrogens is 2. The van der Waals surface area contributed by atoms with E-state index in [2.05, 4.69) is 17.4 Å². The molecule has 0 unspecified atom stereocenters. The third-order valence-corrected chi connectivity index (χ3v) is 8.47. The van der Waals surface area contributed by atoms with Gasteiger partial charge in [-0.15, -0.1) is 0 Å². The van der Waals surface area contributed by atoms with Crippen LogP contribution in [0.1, 0.15) is 51.6 Å². The molecule has 35 heavy (non-hydrogen) atoms. The number of nitrogens with zero attached hydrogens (tertiary/aromatic N) is 3. The van der Waals surface area contributed by atoms with Gasteiger partial charge in [0.1, 0.15) is 6.54 Å². The van der Waals surface area contributed by atoms with Crippen molar-refractivity contribution in [3.8, 4) is 0 Å². The van der Waals surface area contributed by atoms with E-state index in [0.29, 0.717) is 24.1 Å². The fourth-order valence-corrected chi connectivity index (χ4v) is 6.25. The Morgan fingerprint density at radius 1 is 1.00 bits per heavy atom. The lowest BCUT2D eigenvalue weighted by molar-refractivity contribution is -0.122. The molecule has 1 saturated heterocycles. The van der Waals surface area contributed by atoms with Crippen molar-refractivity contribution < 1.29 is 13.2 Å². The molecular formula is C26H34N4O4S. The zero-order valence-electron chi connectivity index (χ0n) is 20.6. The van der Waals surface area contributed by atoms with Crippen molar-refractivity contribution in [1.29, 1.82) is 0 Å². The van der Waals surface area contributed by atoms with Crippen molar-refractivity contribution in [1.82, 2.24) is 18.8 Å². The summed E-state index contributed by atoms with van der Waals surface area (Å²) in [5.74, 6) is -0.275. The molecular weight excluding hydrogens is 464 g/mol. The lowest BCUT2D eigenvalue weighted by atomic mass is 10.1.